The average Bonchev–Trinajstić information content (AvgIpc) is 2.65. The molecule has 0 amide bonds. The van der Waals surface area contributed by atoms with Crippen molar-refractivity contribution in [2.75, 3.05) is 14.2 Å². The molecule has 1 N–H and O–H groups in total. The molecule has 0 bridgehead atoms. The highest BCUT2D eigenvalue weighted by Gasteiger charge is 2.14. The van der Waals surface area contributed by atoms with Crippen LogP contribution in [0.1, 0.15) is 21.5 Å². The van der Waals surface area contributed by atoms with Crippen molar-refractivity contribution in [3.05, 3.63) is 70.6 Å². The maximum atomic E-state index is 12.1. The Morgan fingerprint density at radius 1 is 1.12 bits per heavy atom. The van der Waals surface area contributed by atoms with E-state index in [1.807, 2.05) is 18.2 Å². The molecule has 2 rings (SSSR count). The molecule has 0 aliphatic carbocycles. The van der Waals surface area contributed by atoms with E-state index in [0.29, 0.717) is 11.3 Å². The smallest absolute Gasteiger partial charge is 0.341 e. The summed E-state index contributed by atoms with van der Waals surface area (Å²) < 4.78 is 36.4. The molecule has 2 aromatic carbocycles. The molecule has 0 aliphatic heterocycles. The van der Waals surface area contributed by atoms with Gasteiger partial charge in [-0.3, -0.25) is 0 Å². The molecule has 0 radical (unpaired) electrons. The Morgan fingerprint density at radius 3 is 2.48 bits per heavy atom. The lowest BCUT2D eigenvalue weighted by molar-refractivity contribution is 0.0597. The first-order valence-corrected chi connectivity index (χ1v) is 8.98. The number of rotatable bonds is 7. The van der Waals surface area contributed by atoms with Crippen molar-refractivity contribution in [3.63, 3.8) is 0 Å². The van der Waals surface area contributed by atoms with Gasteiger partial charge in [-0.2, -0.15) is 0 Å². The molecular formula is C18H19NO5S. The van der Waals surface area contributed by atoms with Gasteiger partial charge in [0, 0.05) is 12.0 Å². The Morgan fingerprint density at radius 2 is 1.84 bits per heavy atom. The predicted molar refractivity (Wildman–Crippen MR) is 95.6 cm³/mol. The standard InChI is InChI=1S/C18H19NO5S/c1-23-17-9-8-15(12-16(17)18(20)24-2)13-19-25(21,22)11-10-14-6-4-3-5-7-14/h3-12,19H,13H2,1-2H3/b11-10+. The van der Waals surface area contributed by atoms with E-state index in [1.165, 1.54) is 26.4 Å². The van der Waals surface area contributed by atoms with Gasteiger partial charge in [0.05, 0.1) is 14.2 Å². The van der Waals surface area contributed by atoms with Gasteiger partial charge in [-0.1, -0.05) is 36.4 Å². The summed E-state index contributed by atoms with van der Waals surface area (Å²) in [6.45, 7) is 0.0372. The number of hydrogen-bond donors (Lipinski definition) is 1. The predicted octanol–water partition coefficient (Wildman–Crippen LogP) is 2.57. The summed E-state index contributed by atoms with van der Waals surface area (Å²) in [5.41, 5.74) is 1.63. The van der Waals surface area contributed by atoms with Crippen molar-refractivity contribution in [1.29, 1.82) is 0 Å². The summed E-state index contributed by atoms with van der Waals surface area (Å²) in [4.78, 5) is 11.8. The zero-order valence-corrected chi connectivity index (χ0v) is 14.7. The SMILES string of the molecule is COC(=O)c1cc(CNS(=O)(=O)/C=C/c2ccccc2)ccc1OC. The fourth-order valence-corrected chi connectivity index (χ4v) is 2.90. The van der Waals surface area contributed by atoms with Gasteiger partial charge in [0.1, 0.15) is 11.3 Å². The van der Waals surface area contributed by atoms with E-state index in [1.54, 1.807) is 24.3 Å². The second-order valence-electron chi connectivity index (χ2n) is 5.11. The van der Waals surface area contributed by atoms with Crippen molar-refractivity contribution < 1.29 is 22.7 Å². The van der Waals surface area contributed by atoms with E-state index >= 15 is 0 Å². The summed E-state index contributed by atoms with van der Waals surface area (Å²) in [6.07, 6.45) is 1.51. The highest BCUT2D eigenvalue weighted by molar-refractivity contribution is 7.92. The van der Waals surface area contributed by atoms with Crippen LogP contribution in [0.3, 0.4) is 0 Å². The molecule has 6 nitrogen and oxygen atoms in total. The molecular weight excluding hydrogens is 342 g/mol. The summed E-state index contributed by atoms with van der Waals surface area (Å²) >= 11 is 0. The van der Waals surface area contributed by atoms with Crippen LogP contribution in [0.4, 0.5) is 0 Å². The van der Waals surface area contributed by atoms with Crippen molar-refractivity contribution >= 4 is 22.1 Å². The van der Waals surface area contributed by atoms with Gasteiger partial charge in [-0.05, 0) is 29.3 Å². The molecule has 0 aliphatic rings. The van der Waals surface area contributed by atoms with Crippen LogP contribution < -0.4 is 9.46 Å². The van der Waals surface area contributed by atoms with Crippen LogP contribution in [0, 0.1) is 0 Å². The number of nitrogens with one attached hydrogen (secondary N) is 1. The Bertz CT molecular complexity index is 860. The minimum Gasteiger partial charge on any atom is -0.496 e. The van der Waals surface area contributed by atoms with Crippen molar-refractivity contribution in [2.24, 2.45) is 0 Å². The fourth-order valence-electron chi connectivity index (χ4n) is 2.10. The Balaban J connectivity index is 2.09. The van der Waals surface area contributed by atoms with Gasteiger partial charge < -0.3 is 9.47 Å². The van der Waals surface area contributed by atoms with Gasteiger partial charge in [-0.15, -0.1) is 0 Å². The maximum absolute atomic E-state index is 12.1. The van der Waals surface area contributed by atoms with E-state index < -0.39 is 16.0 Å². The number of hydrogen-bond acceptors (Lipinski definition) is 5. The summed E-state index contributed by atoms with van der Waals surface area (Å²) in [7, 11) is -0.898. The molecule has 2 aromatic rings. The maximum Gasteiger partial charge on any atom is 0.341 e. The van der Waals surface area contributed by atoms with Crippen LogP contribution in [-0.2, 0) is 21.3 Å². The number of sulfonamides is 1. The molecule has 0 unspecified atom stereocenters. The van der Waals surface area contributed by atoms with Crippen molar-refractivity contribution in [3.8, 4) is 5.75 Å². The van der Waals surface area contributed by atoms with Gasteiger partial charge >= 0.3 is 5.97 Å². The third-order valence-electron chi connectivity index (χ3n) is 3.39. The first-order valence-electron chi connectivity index (χ1n) is 7.43. The molecule has 0 saturated heterocycles. The first kappa shape index (κ1) is 18.7. The average molecular weight is 361 g/mol. The number of carbonyl (C=O) groups is 1. The molecule has 0 saturated carbocycles. The Kier molecular flexibility index (Phi) is 6.32. The Hall–Kier alpha value is -2.64. The minimum atomic E-state index is -3.61. The molecule has 0 atom stereocenters. The topological polar surface area (TPSA) is 81.7 Å². The second kappa shape index (κ2) is 8.46. The van der Waals surface area contributed by atoms with Crippen molar-refractivity contribution in [2.45, 2.75) is 6.54 Å². The highest BCUT2D eigenvalue weighted by Crippen LogP contribution is 2.21. The van der Waals surface area contributed by atoms with E-state index in [2.05, 4.69) is 4.72 Å². The number of esters is 1. The zero-order chi connectivity index (χ0) is 18.3. The quantitative estimate of drug-likeness (QED) is 0.767. The summed E-state index contributed by atoms with van der Waals surface area (Å²) in [5, 5.41) is 1.10. The van der Waals surface area contributed by atoms with E-state index in [9.17, 15) is 13.2 Å². The second-order valence-corrected chi connectivity index (χ2v) is 6.76. The zero-order valence-electron chi connectivity index (χ0n) is 13.9. The lowest BCUT2D eigenvalue weighted by Crippen LogP contribution is -2.20. The number of benzene rings is 2. The summed E-state index contributed by atoms with van der Waals surface area (Å²) in [5.74, 6) is -0.187. The van der Waals surface area contributed by atoms with Crippen LogP contribution in [0.25, 0.3) is 6.08 Å². The molecule has 25 heavy (non-hydrogen) atoms. The minimum absolute atomic E-state index is 0.0372. The number of ether oxygens (including phenoxy) is 2. The third-order valence-corrected chi connectivity index (χ3v) is 4.43. The Labute approximate surface area is 147 Å². The number of carbonyl (C=O) groups excluding carboxylic acids is 1. The van der Waals surface area contributed by atoms with E-state index in [0.717, 1.165) is 11.0 Å². The normalized spacial score (nSPS) is 11.4. The van der Waals surface area contributed by atoms with Crippen LogP contribution in [0.5, 0.6) is 5.75 Å². The van der Waals surface area contributed by atoms with Gasteiger partial charge in [0.25, 0.3) is 0 Å². The molecule has 0 fully saturated rings. The molecule has 0 heterocycles. The monoisotopic (exact) mass is 361 g/mol. The van der Waals surface area contributed by atoms with Crippen LogP contribution in [-0.4, -0.2) is 28.6 Å². The van der Waals surface area contributed by atoms with E-state index in [-0.39, 0.29) is 12.1 Å². The lowest BCUT2D eigenvalue weighted by atomic mass is 10.1. The molecule has 132 valence electrons. The van der Waals surface area contributed by atoms with Crippen LogP contribution >= 0.6 is 0 Å². The largest absolute Gasteiger partial charge is 0.496 e. The van der Waals surface area contributed by atoms with Gasteiger partial charge in [0.15, 0.2) is 0 Å². The summed E-state index contributed by atoms with van der Waals surface area (Å²) in [6, 6.07) is 13.9. The van der Waals surface area contributed by atoms with Crippen molar-refractivity contribution in [1.82, 2.24) is 4.72 Å². The molecule has 7 heteroatoms. The van der Waals surface area contributed by atoms with Crippen LogP contribution in [0.2, 0.25) is 0 Å². The lowest BCUT2D eigenvalue weighted by Gasteiger charge is -2.09. The van der Waals surface area contributed by atoms with Crippen LogP contribution in [0.15, 0.2) is 53.9 Å². The fraction of sp³-hybridized carbons (Fsp3) is 0.167. The molecule has 0 spiro atoms. The first-order chi connectivity index (χ1) is 11.9. The number of methoxy groups -OCH3 is 2. The highest BCUT2D eigenvalue weighted by atomic mass is 32.2. The third kappa shape index (κ3) is 5.44. The van der Waals surface area contributed by atoms with Gasteiger partial charge in [0.2, 0.25) is 10.0 Å². The molecule has 0 aromatic heterocycles. The van der Waals surface area contributed by atoms with E-state index in [4.69, 9.17) is 9.47 Å². The van der Waals surface area contributed by atoms with Gasteiger partial charge in [-0.25, -0.2) is 17.9 Å².